The van der Waals surface area contributed by atoms with Gasteiger partial charge in [-0.2, -0.15) is 0 Å². The summed E-state index contributed by atoms with van der Waals surface area (Å²) >= 11 is 0. The van der Waals surface area contributed by atoms with E-state index in [1.165, 1.54) is 12.0 Å². The predicted molar refractivity (Wildman–Crippen MR) is 263 cm³/mol. The van der Waals surface area contributed by atoms with E-state index in [4.69, 9.17) is 28.2 Å². The molecule has 0 aromatic rings. The third-order valence-corrected chi connectivity index (χ3v) is 15.6. The maximum absolute atomic E-state index is 14.5. The van der Waals surface area contributed by atoms with Gasteiger partial charge in [0.1, 0.15) is 30.1 Å². The van der Waals surface area contributed by atoms with Gasteiger partial charge in [-0.15, -0.1) is 0 Å². The number of rotatable bonds is 8. The van der Waals surface area contributed by atoms with E-state index in [0.29, 0.717) is 63.4 Å². The first-order chi connectivity index (χ1) is 32.4. The van der Waals surface area contributed by atoms with Crippen LogP contribution in [0.4, 0.5) is 0 Å². The topological polar surface area (TPSA) is 201 Å². The summed E-state index contributed by atoms with van der Waals surface area (Å²) in [6.45, 7) is 15.9. The number of piperidine rings is 1. The maximum Gasteiger partial charge on any atom is 0.329 e. The number of aliphatic hydroxyl groups is 2. The van der Waals surface area contributed by atoms with Crippen LogP contribution in [0.25, 0.3) is 0 Å². The number of hydrogen-bond donors (Lipinski definition) is 2. The molecule has 2 N–H and O–H groups in total. The van der Waals surface area contributed by atoms with Gasteiger partial charge in [-0.05, 0) is 107 Å². The normalized spacial score (nSPS) is 37.0. The summed E-state index contributed by atoms with van der Waals surface area (Å²) in [6.07, 6.45) is 11.4. The average molecular weight is 990 g/mol. The molecule has 0 aromatic heterocycles. The smallest absolute Gasteiger partial charge is 0.329 e. The van der Waals surface area contributed by atoms with Crippen molar-refractivity contribution in [2.24, 2.45) is 35.5 Å². The highest BCUT2D eigenvalue weighted by Crippen LogP contribution is 2.45. The minimum atomic E-state index is -2.79. The average Bonchev–Trinajstić information content (AvgIpc) is 3.30. The second-order valence-corrected chi connectivity index (χ2v) is 23.6. The van der Waals surface area contributed by atoms with Crippen molar-refractivity contribution in [3.05, 3.63) is 47.6 Å². The Balaban J connectivity index is 1.70. The lowest BCUT2D eigenvalue weighted by Gasteiger charge is -2.42. The number of ether oxygens (including phenoxy) is 5. The third kappa shape index (κ3) is 16.2. The number of carbonyl (C=O) groups is 5. The lowest BCUT2D eigenvalue weighted by Crippen LogP contribution is -2.61. The van der Waals surface area contributed by atoms with Crippen molar-refractivity contribution in [3.8, 4) is 0 Å². The van der Waals surface area contributed by atoms with Crippen LogP contribution in [0.15, 0.2) is 47.6 Å². The first-order valence-electron chi connectivity index (χ1n) is 25.2. The molecule has 0 spiro atoms. The fourth-order valence-corrected chi connectivity index (χ4v) is 11.4. The molecule has 0 radical (unpaired) electrons. The zero-order valence-corrected chi connectivity index (χ0v) is 44.3. The lowest BCUT2D eigenvalue weighted by atomic mass is 9.78. The van der Waals surface area contributed by atoms with E-state index in [0.717, 1.165) is 12.0 Å². The number of ketones is 3. The van der Waals surface area contributed by atoms with E-state index in [1.807, 2.05) is 58.1 Å². The molecule has 3 aliphatic heterocycles. The van der Waals surface area contributed by atoms with Gasteiger partial charge in [-0.3, -0.25) is 23.7 Å². The van der Waals surface area contributed by atoms with Crippen molar-refractivity contribution in [1.82, 2.24) is 4.90 Å². The van der Waals surface area contributed by atoms with Crippen LogP contribution >= 0.6 is 7.37 Å². The predicted octanol–water partition coefficient (Wildman–Crippen LogP) is 7.74. The Hall–Kier alpha value is -3.14. The van der Waals surface area contributed by atoms with Crippen LogP contribution in [0.3, 0.4) is 0 Å². The van der Waals surface area contributed by atoms with Crippen molar-refractivity contribution < 1.29 is 67.0 Å². The number of aliphatic hydroxyl groups excluding tert-OH is 1. The minimum absolute atomic E-state index is 0.0117. The Morgan fingerprint density at radius 3 is 2.22 bits per heavy atom. The van der Waals surface area contributed by atoms with Gasteiger partial charge in [0.2, 0.25) is 5.79 Å². The van der Waals surface area contributed by atoms with E-state index < -0.39 is 85.1 Å². The number of carbonyl (C=O) groups excluding carboxylic acids is 5. The summed E-state index contributed by atoms with van der Waals surface area (Å²) < 4.78 is 48.2. The van der Waals surface area contributed by atoms with E-state index in [-0.39, 0.29) is 60.9 Å². The highest BCUT2D eigenvalue weighted by Gasteiger charge is 2.53. The Morgan fingerprint density at radius 1 is 0.855 bits per heavy atom. The fourth-order valence-electron chi connectivity index (χ4n) is 10.5. The van der Waals surface area contributed by atoms with Gasteiger partial charge in [0.15, 0.2) is 13.2 Å². The number of hydrogen-bond acceptors (Lipinski definition) is 14. The van der Waals surface area contributed by atoms with Crippen LogP contribution in [0.2, 0.25) is 0 Å². The van der Waals surface area contributed by atoms with Gasteiger partial charge in [0.25, 0.3) is 11.7 Å². The molecule has 2 saturated heterocycles. The van der Waals surface area contributed by atoms with Gasteiger partial charge in [-0.25, -0.2) is 4.79 Å². The minimum Gasteiger partial charge on any atom is -0.460 e. The van der Waals surface area contributed by atoms with E-state index in [2.05, 4.69) is 0 Å². The van der Waals surface area contributed by atoms with Crippen molar-refractivity contribution >= 4 is 36.6 Å². The van der Waals surface area contributed by atoms with Crippen LogP contribution in [0.5, 0.6) is 0 Å². The van der Waals surface area contributed by atoms with Crippen LogP contribution in [-0.2, 0) is 56.7 Å². The molecule has 15 atom stereocenters. The Morgan fingerprint density at radius 2 is 1.57 bits per heavy atom. The van der Waals surface area contributed by atoms with Crippen LogP contribution in [-0.4, -0.2) is 140 Å². The molecule has 3 fully saturated rings. The second-order valence-electron chi connectivity index (χ2n) is 20.9. The third-order valence-electron chi connectivity index (χ3n) is 14.8. The summed E-state index contributed by atoms with van der Waals surface area (Å²) in [4.78, 5) is 72.2. The Bertz CT molecular complexity index is 1940. The molecule has 390 valence electrons. The van der Waals surface area contributed by atoms with Gasteiger partial charge in [-0.1, -0.05) is 71.1 Å². The summed E-state index contributed by atoms with van der Waals surface area (Å²) in [5.41, 5.74) is 1.25. The van der Waals surface area contributed by atoms with E-state index in [9.17, 15) is 38.8 Å². The number of methoxy groups -OCH3 is 3. The largest absolute Gasteiger partial charge is 0.460 e. The number of nitrogens with zero attached hydrogens (tertiary/aromatic N) is 1. The molecule has 1 aliphatic carbocycles. The quantitative estimate of drug-likeness (QED) is 0.104. The highest BCUT2D eigenvalue weighted by atomic mass is 31.2. The zero-order chi connectivity index (χ0) is 51.4. The molecule has 0 aromatic carbocycles. The van der Waals surface area contributed by atoms with E-state index >= 15 is 0 Å². The number of cyclic esters (lactones) is 1. The number of esters is 1. The Kier molecular flexibility index (Phi) is 22.5. The molecule has 16 heteroatoms. The number of fused-ring (bicyclic) bond motifs is 3. The Labute approximate surface area is 411 Å². The number of allylic oxidation sites excluding steroid dienone is 6. The molecule has 69 heavy (non-hydrogen) atoms. The van der Waals surface area contributed by atoms with Crippen molar-refractivity contribution in [2.45, 2.75) is 180 Å². The van der Waals surface area contributed by atoms with Crippen LogP contribution < -0.4 is 0 Å². The lowest BCUT2D eigenvalue weighted by molar-refractivity contribution is -0.265. The number of amides is 1. The molecule has 1 saturated carbocycles. The van der Waals surface area contributed by atoms with Gasteiger partial charge >= 0.3 is 5.97 Å². The molecule has 0 unspecified atom stereocenters. The molecule has 4 rings (SSSR count). The molecule has 4 aliphatic rings. The molecule has 2 bridgehead atoms. The maximum atomic E-state index is 14.5. The zero-order valence-electron chi connectivity index (χ0n) is 43.4. The van der Waals surface area contributed by atoms with Crippen LogP contribution in [0, 0.1) is 35.5 Å². The first-order valence-corrected chi connectivity index (χ1v) is 27.7. The van der Waals surface area contributed by atoms with Crippen molar-refractivity contribution in [2.75, 3.05) is 41.2 Å². The van der Waals surface area contributed by atoms with Crippen molar-refractivity contribution in [1.29, 1.82) is 0 Å². The first kappa shape index (κ1) is 58.4. The second kappa shape index (κ2) is 26.5. The van der Waals surface area contributed by atoms with Crippen LogP contribution in [0.1, 0.15) is 126 Å². The van der Waals surface area contributed by atoms with E-state index in [1.54, 1.807) is 54.4 Å². The van der Waals surface area contributed by atoms with Gasteiger partial charge in [0, 0.05) is 71.8 Å². The monoisotopic (exact) mass is 990 g/mol. The summed E-state index contributed by atoms with van der Waals surface area (Å²) in [5.74, 6) is -8.11. The fraction of sp³-hybridized carbons (Fsp3) is 0.755. The molecular weight excluding hydrogens is 906 g/mol. The van der Waals surface area contributed by atoms with Gasteiger partial charge in [0.05, 0.1) is 24.4 Å². The molecule has 3 heterocycles. The summed E-state index contributed by atoms with van der Waals surface area (Å²) in [6, 6.07) is -1.16. The molecule has 1 amide bonds. The summed E-state index contributed by atoms with van der Waals surface area (Å²) in [5, 5.41) is 23.5. The standard InChI is InChI=1S/C53H84NO14P/c1-32-18-14-13-15-19-33(2)44(63-8)30-40-23-21-38(7)53(61,67-40)50(58)51(59)54-25-17-16-20-41(54)52(60)66-45(35(4)28-39-22-24-43(46(29-39)64-9)68-69(11,12)62)31-42(55)34(3)27-37(6)48(57)49(65-10)47(56)36(5)26-32/h13-15,18-19,27,32,34-36,38-41,43-46,48-49,57,61H,16-17,20-26,28-31H2,1-12H3/b15-13?,18-14+,33-19?,37-27?/t32-,34-,35-,36-,38-,39+,40+,41+,43-,44+,45+,46-,48-,49+,53-/m1/s1. The van der Waals surface area contributed by atoms with Gasteiger partial charge < -0.3 is 43.3 Å². The molecular formula is C53H84NO14P. The SMILES string of the molecule is CO[C@H]1C[C@@H]2CC[C@@H](C)[C@@](O)(O2)C(=O)C(=O)N2CCCC[C@H]2C(=O)O[C@H]([C@H](C)C[C@@H]2CC[C@@H](OP(C)(C)=O)[C@H](OC)C2)CC(=O)[C@H](C)C=C(C)[C@@H](O)[C@@H](OC)C(=O)[C@H](C)C[C@H](C)/C=C/C=CC=C1C. The highest BCUT2D eigenvalue weighted by molar-refractivity contribution is 7.57. The van der Waals surface area contributed by atoms with Crippen molar-refractivity contribution in [3.63, 3.8) is 0 Å². The molecule has 15 nitrogen and oxygen atoms in total. The summed E-state index contributed by atoms with van der Waals surface area (Å²) in [7, 11) is 1.76. The number of Topliss-reactive ketones (excluding diaryl/α,β-unsaturated/α-hetero) is 3.